The van der Waals surface area contributed by atoms with Crippen LogP contribution in [0, 0.1) is 0 Å². The fourth-order valence-electron chi connectivity index (χ4n) is 4.20. The Balaban J connectivity index is 1.80. The molecule has 4 heteroatoms. The third-order valence-electron chi connectivity index (χ3n) is 5.27. The molecule has 1 aliphatic carbocycles. The van der Waals surface area contributed by atoms with E-state index < -0.39 is 0 Å². The topological polar surface area (TPSA) is 30.9 Å². The lowest BCUT2D eigenvalue weighted by molar-refractivity contribution is 0.0874. The van der Waals surface area contributed by atoms with Crippen molar-refractivity contribution >= 4 is 0 Å². The minimum atomic E-state index is -0.341. The number of methoxy groups -OCH3 is 2. The van der Waals surface area contributed by atoms with Crippen molar-refractivity contribution in [2.45, 2.75) is 31.8 Å². The maximum atomic E-state index is 6.57. The fraction of sp³-hybridized carbons (Fsp3) is 0.429. The van der Waals surface area contributed by atoms with E-state index in [4.69, 9.17) is 14.2 Å². The van der Waals surface area contributed by atoms with E-state index in [9.17, 15) is 0 Å². The van der Waals surface area contributed by atoms with Gasteiger partial charge in [-0.1, -0.05) is 25.1 Å². The standard InChI is InChI=1S/C21H25NO3/c1-4-9-22-13-16-10-19(23-2)20(24-3)11-17(16)21(14-22)12-15-7-5-6-8-18(15)25-21/h5-8,11,13H,4,9-10,12,14H2,1-3H3. The van der Waals surface area contributed by atoms with Gasteiger partial charge in [0.1, 0.15) is 11.5 Å². The molecule has 3 aliphatic rings. The zero-order valence-corrected chi connectivity index (χ0v) is 15.2. The average Bonchev–Trinajstić information content (AvgIpc) is 2.99. The number of fused-ring (bicyclic) bond motifs is 3. The summed E-state index contributed by atoms with van der Waals surface area (Å²) < 4.78 is 17.7. The highest BCUT2D eigenvalue weighted by molar-refractivity contribution is 5.55. The summed E-state index contributed by atoms with van der Waals surface area (Å²) in [6.45, 7) is 4.11. The van der Waals surface area contributed by atoms with E-state index in [-0.39, 0.29) is 5.60 Å². The lowest BCUT2D eigenvalue weighted by atomic mass is 9.78. The van der Waals surface area contributed by atoms with Crippen molar-refractivity contribution in [2.24, 2.45) is 0 Å². The van der Waals surface area contributed by atoms with Crippen LogP contribution >= 0.6 is 0 Å². The Morgan fingerprint density at radius 2 is 2.04 bits per heavy atom. The predicted octanol–water partition coefficient (Wildman–Crippen LogP) is 3.80. The van der Waals surface area contributed by atoms with Gasteiger partial charge in [-0.25, -0.2) is 0 Å². The molecule has 0 saturated carbocycles. The second kappa shape index (κ2) is 6.17. The molecule has 0 amide bonds. The smallest absolute Gasteiger partial charge is 0.157 e. The zero-order valence-electron chi connectivity index (χ0n) is 15.2. The molecule has 1 aromatic carbocycles. The lowest BCUT2D eigenvalue weighted by Gasteiger charge is -2.43. The number of para-hydroxylation sites is 1. The largest absolute Gasteiger partial charge is 0.497 e. The summed E-state index contributed by atoms with van der Waals surface area (Å²) in [5.41, 5.74) is 3.44. The third kappa shape index (κ3) is 2.60. The molecule has 0 bridgehead atoms. The molecule has 1 atom stereocenters. The molecule has 25 heavy (non-hydrogen) atoms. The van der Waals surface area contributed by atoms with Crippen molar-refractivity contribution in [1.82, 2.24) is 4.90 Å². The van der Waals surface area contributed by atoms with Gasteiger partial charge in [-0.3, -0.25) is 0 Å². The number of nitrogens with zero attached hydrogens (tertiary/aromatic N) is 1. The Labute approximate surface area is 149 Å². The van der Waals surface area contributed by atoms with Crippen molar-refractivity contribution in [1.29, 1.82) is 0 Å². The first-order valence-corrected chi connectivity index (χ1v) is 8.94. The molecular weight excluding hydrogens is 314 g/mol. The quantitative estimate of drug-likeness (QED) is 0.835. The Kier molecular flexibility index (Phi) is 3.98. The minimum Gasteiger partial charge on any atom is -0.497 e. The molecule has 4 rings (SSSR count). The lowest BCUT2D eigenvalue weighted by Crippen LogP contribution is -2.51. The summed E-state index contributed by atoms with van der Waals surface area (Å²) in [6, 6.07) is 8.37. The summed E-state index contributed by atoms with van der Waals surface area (Å²) >= 11 is 0. The van der Waals surface area contributed by atoms with Gasteiger partial charge in [-0.05, 0) is 29.7 Å². The molecule has 0 N–H and O–H groups in total. The second-order valence-electron chi connectivity index (χ2n) is 6.94. The summed E-state index contributed by atoms with van der Waals surface area (Å²) in [5.74, 6) is 2.68. The van der Waals surface area contributed by atoms with Crippen molar-refractivity contribution < 1.29 is 14.2 Å². The predicted molar refractivity (Wildman–Crippen MR) is 97.2 cm³/mol. The summed E-state index contributed by atoms with van der Waals surface area (Å²) in [5, 5.41) is 0. The second-order valence-corrected chi connectivity index (χ2v) is 6.94. The maximum absolute atomic E-state index is 6.57. The van der Waals surface area contributed by atoms with E-state index in [0.717, 1.165) is 49.6 Å². The van der Waals surface area contributed by atoms with Crippen LogP contribution in [0.15, 0.2) is 59.2 Å². The van der Waals surface area contributed by atoms with Gasteiger partial charge in [0.25, 0.3) is 0 Å². The van der Waals surface area contributed by atoms with Gasteiger partial charge in [0.15, 0.2) is 11.4 Å². The van der Waals surface area contributed by atoms with Crippen LogP contribution in [0.3, 0.4) is 0 Å². The summed E-state index contributed by atoms with van der Waals surface area (Å²) in [4.78, 5) is 2.39. The number of rotatable bonds is 4. The van der Waals surface area contributed by atoms with Gasteiger partial charge in [-0.2, -0.15) is 0 Å². The van der Waals surface area contributed by atoms with Gasteiger partial charge in [0, 0.05) is 31.2 Å². The average molecular weight is 339 g/mol. The molecule has 2 aliphatic heterocycles. The van der Waals surface area contributed by atoms with Crippen LogP contribution in [0.25, 0.3) is 0 Å². The van der Waals surface area contributed by atoms with Crippen LogP contribution in [0.1, 0.15) is 25.3 Å². The molecular formula is C21H25NO3. The first kappa shape index (κ1) is 16.1. The first-order valence-electron chi connectivity index (χ1n) is 8.94. The summed E-state index contributed by atoms with van der Waals surface area (Å²) in [6.07, 6.45) is 7.14. The molecule has 132 valence electrons. The molecule has 4 nitrogen and oxygen atoms in total. The van der Waals surface area contributed by atoms with E-state index in [2.05, 4.69) is 42.3 Å². The van der Waals surface area contributed by atoms with E-state index in [1.165, 1.54) is 16.7 Å². The Morgan fingerprint density at radius 3 is 2.76 bits per heavy atom. The van der Waals surface area contributed by atoms with Crippen molar-refractivity contribution in [3.05, 3.63) is 64.8 Å². The number of hydrogen-bond acceptors (Lipinski definition) is 4. The monoisotopic (exact) mass is 339 g/mol. The van der Waals surface area contributed by atoms with Crippen molar-refractivity contribution in [3.8, 4) is 5.75 Å². The van der Waals surface area contributed by atoms with E-state index in [1.54, 1.807) is 14.2 Å². The number of hydrogen-bond donors (Lipinski definition) is 0. The first-order chi connectivity index (χ1) is 12.2. The number of ether oxygens (including phenoxy) is 3. The Hall–Kier alpha value is -2.36. The highest BCUT2D eigenvalue weighted by atomic mass is 16.5. The molecule has 1 unspecified atom stereocenters. The SMILES string of the molecule is CCCN1C=C2CC(OC)=C(OC)C=C2C2(Cc3ccccc3O2)C1. The fourth-order valence-corrected chi connectivity index (χ4v) is 4.20. The van der Waals surface area contributed by atoms with Gasteiger partial charge < -0.3 is 19.1 Å². The highest BCUT2D eigenvalue weighted by Crippen LogP contribution is 2.47. The highest BCUT2D eigenvalue weighted by Gasteiger charge is 2.48. The van der Waals surface area contributed by atoms with Crippen molar-refractivity contribution in [2.75, 3.05) is 27.3 Å². The maximum Gasteiger partial charge on any atom is 0.157 e. The third-order valence-corrected chi connectivity index (χ3v) is 5.27. The molecule has 0 radical (unpaired) electrons. The molecule has 0 aromatic heterocycles. The Morgan fingerprint density at radius 1 is 1.20 bits per heavy atom. The van der Waals surface area contributed by atoms with Gasteiger partial charge >= 0.3 is 0 Å². The van der Waals surface area contributed by atoms with Crippen LogP contribution in [0.5, 0.6) is 5.75 Å². The molecule has 0 fully saturated rings. The summed E-state index contributed by atoms with van der Waals surface area (Å²) in [7, 11) is 3.40. The molecule has 1 spiro atoms. The molecule has 0 saturated heterocycles. The van der Waals surface area contributed by atoms with Crippen LogP contribution in [0.2, 0.25) is 0 Å². The van der Waals surface area contributed by atoms with Crippen LogP contribution in [0.4, 0.5) is 0 Å². The van der Waals surface area contributed by atoms with Gasteiger partial charge in [0.2, 0.25) is 0 Å². The van der Waals surface area contributed by atoms with Crippen LogP contribution in [-0.4, -0.2) is 37.8 Å². The van der Waals surface area contributed by atoms with E-state index >= 15 is 0 Å². The van der Waals surface area contributed by atoms with Crippen LogP contribution in [-0.2, 0) is 15.9 Å². The van der Waals surface area contributed by atoms with Gasteiger partial charge in [0.05, 0.1) is 20.8 Å². The number of allylic oxidation sites excluding steroid dienone is 2. The van der Waals surface area contributed by atoms with E-state index in [0.29, 0.717) is 0 Å². The minimum absolute atomic E-state index is 0.341. The zero-order chi connectivity index (χ0) is 17.4. The Bertz CT molecular complexity index is 750. The van der Waals surface area contributed by atoms with Gasteiger partial charge in [-0.15, -0.1) is 0 Å². The molecule has 1 aromatic rings. The van der Waals surface area contributed by atoms with Crippen molar-refractivity contribution in [3.63, 3.8) is 0 Å². The molecule has 2 heterocycles. The normalized spacial score (nSPS) is 24.4. The van der Waals surface area contributed by atoms with E-state index in [1.807, 2.05) is 6.07 Å². The number of benzene rings is 1. The van der Waals surface area contributed by atoms with Crippen LogP contribution < -0.4 is 4.74 Å².